The fourth-order valence-corrected chi connectivity index (χ4v) is 3.96. The molecule has 0 saturated carbocycles. The standard InChI is InChI=1S/C21H28N4O4/c1-3-14-6-8-16(9-7-14)25-13-15(11-18(25)26)20(28)23-12-19(27)24-10-4-5-17(24)21(29)22-2/h6-9,15,17H,3-5,10-13H2,1-2H3,(H,22,29)(H,23,28). The summed E-state index contributed by atoms with van der Waals surface area (Å²) in [4.78, 5) is 52.4. The molecule has 2 aliphatic heterocycles. The van der Waals surface area contributed by atoms with E-state index in [1.807, 2.05) is 24.3 Å². The highest BCUT2D eigenvalue weighted by molar-refractivity contribution is 6.01. The normalized spacial score (nSPS) is 21.4. The molecule has 1 aromatic carbocycles. The molecule has 2 unspecified atom stereocenters. The Labute approximate surface area is 170 Å². The zero-order valence-corrected chi connectivity index (χ0v) is 16.9. The third-order valence-corrected chi connectivity index (χ3v) is 5.69. The molecule has 2 saturated heterocycles. The Hall–Kier alpha value is -2.90. The van der Waals surface area contributed by atoms with Crippen molar-refractivity contribution in [2.75, 3.05) is 31.6 Å². The van der Waals surface area contributed by atoms with Crippen LogP contribution in [0, 0.1) is 5.92 Å². The van der Waals surface area contributed by atoms with Gasteiger partial charge in [0.05, 0.1) is 12.5 Å². The van der Waals surface area contributed by atoms with Crippen molar-refractivity contribution in [2.45, 2.75) is 38.6 Å². The van der Waals surface area contributed by atoms with Gasteiger partial charge in [0.2, 0.25) is 23.6 Å². The van der Waals surface area contributed by atoms with E-state index in [1.54, 1.807) is 11.9 Å². The lowest BCUT2D eigenvalue weighted by Crippen LogP contribution is -2.48. The van der Waals surface area contributed by atoms with Gasteiger partial charge in [-0.15, -0.1) is 0 Å². The maximum absolute atomic E-state index is 12.5. The average molecular weight is 400 g/mol. The molecule has 2 fully saturated rings. The molecule has 156 valence electrons. The van der Waals surface area contributed by atoms with Crippen molar-refractivity contribution in [1.29, 1.82) is 0 Å². The van der Waals surface area contributed by atoms with Crippen molar-refractivity contribution in [2.24, 2.45) is 5.92 Å². The molecular weight excluding hydrogens is 372 g/mol. The summed E-state index contributed by atoms with van der Waals surface area (Å²) in [6.07, 6.45) is 2.44. The van der Waals surface area contributed by atoms with Crippen LogP contribution in [0.4, 0.5) is 5.69 Å². The average Bonchev–Trinajstić information content (AvgIpc) is 3.38. The Morgan fingerprint density at radius 1 is 1.14 bits per heavy atom. The minimum absolute atomic E-state index is 0.0973. The summed E-state index contributed by atoms with van der Waals surface area (Å²) in [6.45, 7) is 2.71. The fourth-order valence-electron chi connectivity index (χ4n) is 3.96. The lowest BCUT2D eigenvalue weighted by atomic mass is 10.1. The van der Waals surface area contributed by atoms with Gasteiger partial charge in [-0.2, -0.15) is 0 Å². The summed E-state index contributed by atoms with van der Waals surface area (Å²) in [7, 11) is 1.55. The van der Waals surface area contributed by atoms with E-state index in [1.165, 1.54) is 10.5 Å². The van der Waals surface area contributed by atoms with E-state index in [4.69, 9.17) is 0 Å². The van der Waals surface area contributed by atoms with Crippen molar-refractivity contribution < 1.29 is 19.2 Å². The second-order valence-corrected chi connectivity index (χ2v) is 7.50. The van der Waals surface area contributed by atoms with Crippen molar-refractivity contribution in [1.82, 2.24) is 15.5 Å². The highest BCUT2D eigenvalue weighted by Gasteiger charge is 2.36. The lowest BCUT2D eigenvalue weighted by molar-refractivity contribution is -0.138. The topological polar surface area (TPSA) is 98.8 Å². The Morgan fingerprint density at radius 3 is 2.52 bits per heavy atom. The number of hydrogen-bond donors (Lipinski definition) is 2. The quantitative estimate of drug-likeness (QED) is 0.725. The number of carbonyl (C=O) groups excluding carboxylic acids is 4. The summed E-state index contributed by atoms with van der Waals surface area (Å²) >= 11 is 0. The number of likely N-dealkylation sites (N-methyl/N-ethyl adjacent to an activating group) is 1. The first kappa shape index (κ1) is 20.8. The SMILES string of the molecule is CCc1ccc(N2CC(C(=O)NCC(=O)N3CCCC3C(=O)NC)CC2=O)cc1. The van der Waals surface area contributed by atoms with Crippen LogP contribution in [-0.4, -0.2) is 61.3 Å². The zero-order chi connectivity index (χ0) is 21.0. The van der Waals surface area contributed by atoms with E-state index < -0.39 is 12.0 Å². The Balaban J connectivity index is 1.54. The van der Waals surface area contributed by atoms with Crippen LogP contribution >= 0.6 is 0 Å². The van der Waals surface area contributed by atoms with Gasteiger partial charge in [0, 0.05) is 32.2 Å². The summed E-state index contributed by atoms with van der Waals surface area (Å²) in [5.41, 5.74) is 1.97. The molecular formula is C21H28N4O4. The molecule has 2 N–H and O–H groups in total. The van der Waals surface area contributed by atoms with E-state index in [0.29, 0.717) is 19.5 Å². The van der Waals surface area contributed by atoms with Gasteiger partial charge < -0.3 is 20.4 Å². The smallest absolute Gasteiger partial charge is 0.242 e. The number of nitrogens with zero attached hydrogens (tertiary/aromatic N) is 2. The predicted octanol–water partition coefficient (Wildman–Crippen LogP) is 0.455. The van der Waals surface area contributed by atoms with Gasteiger partial charge in [-0.3, -0.25) is 19.2 Å². The van der Waals surface area contributed by atoms with E-state index in [0.717, 1.165) is 18.5 Å². The minimum Gasteiger partial charge on any atom is -0.357 e. The molecule has 0 spiro atoms. The maximum atomic E-state index is 12.5. The molecule has 2 aliphatic rings. The van der Waals surface area contributed by atoms with Crippen molar-refractivity contribution >= 4 is 29.3 Å². The highest BCUT2D eigenvalue weighted by atomic mass is 16.2. The maximum Gasteiger partial charge on any atom is 0.242 e. The van der Waals surface area contributed by atoms with E-state index >= 15 is 0 Å². The summed E-state index contributed by atoms with van der Waals surface area (Å²) in [5, 5.41) is 5.22. The van der Waals surface area contributed by atoms with Crippen LogP contribution in [-0.2, 0) is 25.6 Å². The molecule has 3 rings (SSSR count). The largest absolute Gasteiger partial charge is 0.357 e. The van der Waals surface area contributed by atoms with Crippen LogP contribution in [0.2, 0.25) is 0 Å². The lowest BCUT2D eigenvalue weighted by Gasteiger charge is -2.23. The van der Waals surface area contributed by atoms with Crippen LogP contribution < -0.4 is 15.5 Å². The molecule has 8 nitrogen and oxygen atoms in total. The summed E-state index contributed by atoms with van der Waals surface area (Å²) < 4.78 is 0. The summed E-state index contributed by atoms with van der Waals surface area (Å²) in [5.74, 6) is -1.36. The molecule has 0 radical (unpaired) electrons. The van der Waals surface area contributed by atoms with Gasteiger partial charge >= 0.3 is 0 Å². The van der Waals surface area contributed by atoms with Crippen LogP contribution in [0.25, 0.3) is 0 Å². The second kappa shape index (κ2) is 9.07. The molecule has 0 aliphatic carbocycles. The number of carbonyl (C=O) groups is 4. The Bertz CT molecular complexity index is 792. The number of likely N-dealkylation sites (tertiary alicyclic amines) is 1. The number of anilines is 1. The number of rotatable bonds is 6. The number of benzene rings is 1. The van der Waals surface area contributed by atoms with Crippen molar-refractivity contribution in [3.8, 4) is 0 Å². The number of aryl methyl sites for hydroxylation is 1. The zero-order valence-electron chi connectivity index (χ0n) is 16.9. The molecule has 2 atom stereocenters. The van der Waals surface area contributed by atoms with Gasteiger partial charge in [0.25, 0.3) is 0 Å². The van der Waals surface area contributed by atoms with E-state index in [2.05, 4.69) is 17.6 Å². The number of nitrogens with one attached hydrogen (secondary N) is 2. The molecule has 8 heteroatoms. The molecule has 29 heavy (non-hydrogen) atoms. The monoisotopic (exact) mass is 400 g/mol. The second-order valence-electron chi connectivity index (χ2n) is 7.50. The number of amides is 4. The third-order valence-electron chi connectivity index (χ3n) is 5.69. The minimum atomic E-state index is -0.491. The van der Waals surface area contributed by atoms with Crippen LogP contribution in [0.1, 0.15) is 31.7 Å². The van der Waals surface area contributed by atoms with Crippen LogP contribution in [0.5, 0.6) is 0 Å². The molecule has 2 heterocycles. The first-order valence-electron chi connectivity index (χ1n) is 10.1. The van der Waals surface area contributed by atoms with Gasteiger partial charge in [-0.25, -0.2) is 0 Å². The predicted molar refractivity (Wildman–Crippen MR) is 108 cm³/mol. The number of hydrogen-bond acceptors (Lipinski definition) is 4. The van der Waals surface area contributed by atoms with E-state index in [-0.39, 0.29) is 36.6 Å². The third kappa shape index (κ3) is 4.58. The van der Waals surface area contributed by atoms with Gasteiger partial charge in [-0.05, 0) is 37.0 Å². The Morgan fingerprint density at radius 2 is 1.86 bits per heavy atom. The first-order chi connectivity index (χ1) is 13.9. The van der Waals surface area contributed by atoms with Gasteiger partial charge in [0.1, 0.15) is 6.04 Å². The van der Waals surface area contributed by atoms with Crippen molar-refractivity contribution in [3.63, 3.8) is 0 Å². The highest BCUT2D eigenvalue weighted by Crippen LogP contribution is 2.25. The van der Waals surface area contributed by atoms with Crippen LogP contribution in [0.3, 0.4) is 0 Å². The molecule has 1 aromatic rings. The van der Waals surface area contributed by atoms with E-state index in [9.17, 15) is 19.2 Å². The summed E-state index contributed by atoms with van der Waals surface area (Å²) in [6, 6.07) is 7.28. The fraction of sp³-hybridized carbons (Fsp3) is 0.524. The molecule has 0 aromatic heterocycles. The van der Waals surface area contributed by atoms with Gasteiger partial charge in [-0.1, -0.05) is 19.1 Å². The molecule has 0 bridgehead atoms. The Kier molecular flexibility index (Phi) is 6.51. The van der Waals surface area contributed by atoms with Crippen LogP contribution in [0.15, 0.2) is 24.3 Å². The van der Waals surface area contributed by atoms with Gasteiger partial charge in [0.15, 0.2) is 0 Å². The van der Waals surface area contributed by atoms with Crippen molar-refractivity contribution in [3.05, 3.63) is 29.8 Å². The molecule has 4 amide bonds. The first-order valence-corrected chi connectivity index (χ1v) is 10.1.